The number of halogens is 2. The number of anilines is 1. The van der Waals surface area contributed by atoms with Gasteiger partial charge in [-0.3, -0.25) is 4.79 Å². The minimum atomic E-state index is -0.271. The number of benzene rings is 1. The Morgan fingerprint density at radius 1 is 1.12 bits per heavy atom. The quantitative estimate of drug-likeness (QED) is 0.702. The van der Waals surface area contributed by atoms with Crippen LogP contribution in [0.2, 0.25) is 10.0 Å². The van der Waals surface area contributed by atoms with E-state index < -0.39 is 0 Å². The normalized spacial score (nSPS) is 10.9. The van der Waals surface area contributed by atoms with Crippen LogP contribution in [0.25, 0.3) is 5.69 Å². The van der Waals surface area contributed by atoms with E-state index >= 15 is 0 Å². The molecule has 5 nitrogen and oxygen atoms in total. The topological polar surface area (TPSA) is 59.8 Å². The molecule has 0 aliphatic carbocycles. The summed E-state index contributed by atoms with van der Waals surface area (Å²) in [6.07, 6.45) is 3.04. The summed E-state index contributed by atoms with van der Waals surface area (Å²) < 4.78 is 1.74. The van der Waals surface area contributed by atoms with Crippen LogP contribution in [-0.2, 0) is 0 Å². The number of nitrogens with zero attached hydrogens (tertiary/aromatic N) is 3. The van der Waals surface area contributed by atoms with E-state index in [0.717, 1.165) is 11.4 Å². The maximum atomic E-state index is 12.7. The van der Waals surface area contributed by atoms with Gasteiger partial charge in [0, 0.05) is 11.2 Å². The van der Waals surface area contributed by atoms with Crippen molar-refractivity contribution in [3.63, 3.8) is 0 Å². The zero-order chi connectivity index (χ0) is 18.0. The second-order valence-electron chi connectivity index (χ2n) is 5.81. The van der Waals surface area contributed by atoms with Crippen LogP contribution in [0.15, 0.2) is 48.8 Å². The Morgan fingerprint density at radius 3 is 2.56 bits per heavy atom. The molecule has 0 bridgehead atoms. The Kier molecular flexibility index (Phi) is 5.06. The van der Waals surface area contributed by atoms with Crippen molar-refractivity contribution in [2.24, 2.45) is 0 Å². The van der Waals surface area contributed by atoms with Gasteiger partial charge >= 0.3 is 0 Å². The highest BCUT2D eigenvalue weighted by Gasteiger charge is 2.21. The van der Waals surface area contributed by atoms with Gasteiger partial charge in [-0.1, -0.05) is 43.1 Å². The number of rotatable bonds is 4. The van der Waals surface area contributed by atoms with E-state index in [1.54, 1.807) is 29.1 Å². The number of hydrogen-bond acceptors (Lipinski definition) is 3. The molecule has 0 unspecified atom stereocenters. The van der Waals surface area contributed by atoms with Crippen LogP contribution in [0.1, 0.15) is 35.8 Å². The fourth-order valence-electron chi connectivity index (χ4n) is 2.54. The molecule has 0 saturated carbocycles. The molecule has 0 atom stereocenters. The SMILES string of the molecule is CC(C)c1c(C(=O)Nc2ccc(Cl)cn2)cnn1-c1cccc(Cl)c1. The lowest BCUT2D eigenvalue weighted by atomic mass is 10.1. The van der Waals surface area contributed by atoms with E-state index in [9.17, 15) is 4.79 Å². The van der Waals surface area contributed by atoms with Gasteiger partial charge < -0.3 is 5.32 Å². The number of hydrogen-bond donors (Lipinski definition) is 1. The summed E-state index contributed by atoms with van der Waals surface area (Å²) in [5, 5.41) is 8.27. The Labute approximate surface area is 155 Å². The third kappa shape index (κ3) is 3.83. The van der Waals surface area contributed by atoms with Crippen LogP contribution >= 0.6 is 23.2 Å². The van der Waals surface area contributed by atoms with Crippen LogP contribution in [-0.4, -0.2) is 20.7 Å². The molecule has 2 heterocycles. The van der Waals surface area contributed by atoms with E-state index in [4.69, 9.17) is 23.2 Å². The summed E-state index contributed by atoms with van der Waals surface area (Å²) in [4.78, 5) is 16.8. The molecule has 1 amide bonds. The number of carbonyl (C=O) groups is 1. The molecule has 25 heavy (non-hydrogen) atoms. The van der Waals surface area contributed by atoms with Gasteiger partial charge in [-0.15, -0.1) is 0 Å². The first kappa shape index (κ1) is 17.5. The van der Waals surface area contributed by atoms with Gasteiger partial charge in [0.15, 0.2) is 0 Å². The lowest BCUT2D eigenvalue weighted by molar-refractivity contribution is 0.102. The zero-order valence-electron chi connectivity index (χ0n) is 13.7. The van der Waals surface area contributed by atoms with Gasteiger partial charge in [0.05, 0.1) is 28.2 Å². The van der Waals surface area contributed by atoms with E-state index in [1.165, 1.54) is 6.20 Å². The van der Waals surface area contributed by atoms with Crippen LogP contribution in [0.4, 0.5) is 5.82 Å². The van der Waals surface area contributed by atoms with Crippen molar-refractivity contribution in [1.29, 1.82) is 0 Å². The summed E-state index contributed by atoms with van der Waals surface area (Å²) in [6, 6.07) is 10.7. The van der Waals surface area contributed by atoms with E-state index in [-0.39, 0.29) is 11.8 Å². The maximum Gasteiger partial charge on any atom is 0.260 e. The molecule has 7 heteroatoms. The average Bonchev–Trinajstić information content (AvgIpc) is 3.02. The second-order valence-corrected chi connectivity index (χ2v) is 6.68. The Balaban J connectivity index is 1.96. The lowest BCUT2D eigenvalue weighted by Crippen LogP contribution is -2.16. The van der Waals surface area contributed by atoms with Crippen LogP contribution < -0.4 is 5.32 Å². The van der Waals surface area contributed by atoms with Gasteiger partial charge in [0.2, 0.25) is 0 Å². The third-order valence-electron chi connectivity index (χ3n) is 3.62. The summed E-state index contributed by atoms with van der Waals surface area (Å²) in [5.74, 6) is 0.242. The van der Waals surface area contributed by atoms with Gasteiger partial charge in [0.25, 0.3) is 5.91 Å². The van der Waals surface area contributed by atoms with Gasteiger partial charge in [-0.05, 0) is 36.2 Å². The third-order valence-corrected chi connectivity index (χ3v) is 4.08. The summed E-state index contributed by atoms with van der Waals surface area (Å²) in [5.41, 5.74) is 2.10. The van der Waals surface area contributed by atoms with Crippen LogP contribution in [0.3, 0.4) is 0 Å². The van der Waals surface area contributed by atoms with Crippen molar-refractivity contribution >= 4 is 34.9 Å². The van der Waals surface area contributed by atoms with E-state index in [2.05, 4.69) is 15.4 Å². The molecule has 128 valence electrons. The fourth-order valence-corrected chi connectivity index (χ4v) is 2.83. The fraction of sp³-hybridized carbons (Fsp3) is 0.167. The molecular weight excluding hydrogens is 359 g/mol. The lowest BCUT2D eigenvalue weighted by Gasteiger charge is -2.13. The average molecular weight is 375 g/mol. The minimum Gasteiger partial charge on any atom is -0.306 e. The van der Waals surface area contributed by atoms with Crippen LogP contribution in [0, 0.1) is 0 Å². The van der Waals surface area contributed by atoms with Crippen molar-refractivity contribution in [3.8, 4) is 5.69 Å². The Morgan fingerprint density at radius 2 is 1.92 bits per heavy atom. The Hall–Kier alpha value is -2.37. The molecular formula is C18H16Cl2N4O. The molecule has 0 saturated heterocycles. The number of carbonyl (C=O) groups excluding carboxylic acids is 1. The standard InChI is InChI=1S/C18H16Cl2N4O/c1-11(2)17-15(18(25)23-16-7-6-13(20)9-21-16)10-22-24(17)14-5-3-4-12(19)8-14/h3-11H,1-2H3,(H,21,23,25). The van der Waals surface area contributed by atoms with Crippen molar-refractivity contribution in [2.75, 3.05) is 5.32 Å². The van der Waals surface area contributed by atoms with Crippen molar-refractivity contribution in [3.05, 3.63) is 70.1 Å². The largest absolute Gasteiger partial charge is 0.306 e. The monoisotopic (exact) mass is 374 g/mol. The van der Waals surface area contributed by atoms with E-state index in [1.807, 2.05) is 32.0 Å². The highest BCUT2D eigenvalue weighted by atomic mass is 35.5. The van der Waals surface area contributed by atoms with E-state index in [0.29, 0.717) is 21.4 Å². The highest BCUT2D eigenvalue weighted by Crippen LogP contribution is 2.25. The predicted octanol–water partition coefficient (Wildman–Crippen LogP) is 4.95. The van der Waals surface area contributed by atoms with Gasteiger partial charge in [-0.25, -0.2) is 9.67 Å². The smallest absolute Gasteiger partial charge is 0.260 e. The van der Waals surface area contributed by atoms with Crippen molar-refractivity contribution in [2.45, 2.75) is 19.8 Å². The number of nitrogens with one attached hydrogen (secondary N) is 1. The van der Waals surface area contributed by atoms with Crippen LogP contribution in [0.5, 0.6) is 0 Å². The second kappa shape index (κ2) is 7.25. The molecule has 1 N–H and O–H groups in total. The summed E-state index contributed by atoms with van der Waals surface area (Å²) in [6.45, 7) is 4.02. The highest BCUT2D eigenvalue weighted by molar-refractivity contribution is 6.30. The zero-order valence-corrected chi connectivity index (χ0v) is 15.2. The number of pyridine rings is 1. The van der Waals surface area contributed by atoms with Crippen molar-refractivity contribution < 1.29 is 4.79 Å². The Bertz CT molecular complexity index is 904. The maximum absolute atomic E-state index is 12.7. The summed E-state index contributed by atoms with van der Waals surface area (Å²) >= 11 is 11.9. The number of aromatic nitrogens is 3. The van der Waals surface area contributed by atoms with Gasteiger partial charge in [-0.2, -0.15) is 5.10 Å². The molecule has 3 aromatic rings. The van der Waals surface area contributed by atoms with Gasteiger partial charge in [0.1, 0.15) is 5.82 Å². The molecule has 0 aliphatic rings. The molecule has 0 aliphatic heterocycles. The molecule has 0 radical (unpaired) electrons. The summed E-state index contributed by atoms with van der Waals surface area (Å²) in [7, 11) is 0. The molecule has 1 aromatic carbocycles. The molecule has 0 spiro atoms. The first-order chi connectivity index (χ1) is 12.0. The molecule has 2 aromatic heterocycles. The first-order valence-corrected chi connectivity index (χ1v) is 8.48. The molecule has 0 fully saturated rings. The number of amides is 1. The minimum absolute atomic E-state index is 0.0837. The first-order valence-electron chi connectivity index (χ1n) is 7.72. The predicted molar refractivity (Wildman–Crippen MR) is 99.9 cm³/mol. The van der Waals surface area contributed by atoms with Crippen molar-refractivity contribution in [1.82, 2.24) is 14.8 Å². The molecule has 3 rings (SSSR count).